The molecule has 1 heterocycles. The SMILES string of the molecule is O=C(O)CC1CCN1CC1CCCC1. The maximum atomic E-state index is 10.6. The molecule has 14 heavy (non-hydrogen) atoms. The largest absolute Gasteiger partial charge is 0.481 e. The van der Waals surface area contributed by atoms with E-state index in [0.29, 0.717) is 12.5 Å². The minimum Gasteiger partial charge on any atom is -0.481 e. The summed E-state index contributed by atoms with van der Waals surface area (Å²) in [4.78, 5) is 12.9. The summed E-state index contributed by atoms with van der Waals surface area (Å²) in [6, 6.07) is 0.341. The van der Waals surface area contributed by atoms with Gasteiger partial charge in [0.2, 0.25) is 0 Å². The van der Waals surface area contributed by atoms with E-state index in [0.717, 1.165) is 25.4 Å². The summed E-state index contributed by atoms with van der Waals surface area (Å²) in [7, 11) is 0. The number of hydrogen-bond acceptors (Lipinski definition) is 2. The minimum absolute atomic E-state index is 0.340. The molecule has 0 aromatic heterocycles. The Labute approximate surface area is 85.1 Å². The molecule has 2 aliphatic rings. The summed E-state index contributed by atoms with van der Waals surface area (Å²) in [6.07, 6.45) is 6.89. The third-order valence-electron chi connectivity index (χ3n) is 3.64. The van der Waals surface area contributed by atoms with Crippen LogP contribution in [0.1, 0.15) is 38.5 Å². The second kappa shape index (κ2) is 4.30. The topological polar surface area (TPSA) is 40.5 Å². The van der Waals surface area contributed by atoms with Gasteiger partial charge >= 0.3 is 5.97 Å². The van der Waals surface area contributed by atoms with Gasteiger partial charge in [-0.3, -0.25) is 9.69 Å². The molecule has 1 aliphatic heterocycles. The van der Waals surface area contributed by atoms with Crippen molar-refractivity contribution in [1.82, 2.24) is 4.90 Å². The Morgan fingerprint density at radius 3 is 2.50 bits per heavy atom. The fourth-order valence-electron chi connectivity index (χ4n) is 2.69. The molecule has 2 rings (SSSR count). The van der Waals surface area contributed by atoms with Gasteiger partial charge in [-0.15, -0.1) is 0 Å². The van der Waals surface area contributed by atoms with E-state index in [1.165, 1.54) is 25.7 Å². The van der Waals surface area contributed by atoms with Crippen molar-refractivity contribution in [2.75, 3.05) is 13.1 Å². The van der Waals surface area contributed by atoms with E-state index in [9.17, 15) is 4.79 Å². The molecule has 0 aromatic carbocycles. The van der Waals surface area contributed by atoms with Gasteiger partial charge in [0.15, 0.2) is 0 Å². The molecule has 0 amide bonds. The first-order valence-corrected chi connectivity index (χ1v) is 5.71. The van der Waals surface area contributed by atoms with E-state index >= 15 is 0 Å². The van der Waals surface area contributed by atoms with Crippen molar-refractivity contribution >= 4 is 5.97 Å². The van der Waals surface area contributed by atoms with Gasteiger partial charge in [-0.2, -0.15) is 0 Å². The number of nitrogens with zero attached hydrogens (tertiary/aromatic N) is 1. The number of carbonyl (C=O) groups is 1. The van der Waals surface area contributed by atoms with Gasteiger partial charge in [0.25, 0.3) is 0 Å². The lowest BCUT2D eigenvalue weighted by Crippen LogP contribution is -2.50. The molecule has 0 spiro atoms. The highest BCUT2D eigenvalue weighted by atomic mass is 16.4. The Balaban J connectivity index is 1.72. The zero-order valence-corrected chi connectivity index (χ0v) is 8.61. The Morgan fingerprint density at radius 1 is 1.29 bits per heavy atom. The summed E-state index contributed by atoms with van der Waals surface area (Å²) < 4.78 is 0. The molecule has 1 N–H and O–H groups in total. The van der Waals surface area contributed by atoms with Crippen LogP contribution in [-0.2, 0) is 4.79 Å². The Morgan fingerprint density at radius 2 is 2.00 bits per heavy atom. The zero-order valence-electron chi connectivity index (χ0n) is 8.61. The molecule has 1 unspecified atom stereocenters. The lowest BCUT2D eigenvalue weighted by atomic mass is 9.96. The van der Waals surface area contributed by atoms with E-state index in [1.54, 1.807) is 0 Å². The molecule has 2 fully saturated rings. The molecular weight excluding hydrogens is 178 g/mol. The molecule has 1 atom stereocenters. The fourth-order valence-corrected chi connectivity index (χ4v) is 2.69. The first kappa shape index (κ1) is 9.97. The van der Waals surface area contributed by atoms with Crippen molar-refractivity contribution in [2.24, 2.45) is 5.92 Å². The van der Waals surface area contributed by atoms with Crippen LogP contribution >= 0.6 is 0 Å². The maximum Gasteiger partial charge on any atom is 0.304 e. The molecule has 0 aromatic rings. The van der Waals surface area contributed by atoms with Gasteiger partial charge < -0.3 is 5.11 Å². The van der Waals surface area contributed by atoms with Crippen LogP contribution in [0.2, 0.25) is 0 Å². The summed E-state index contributed by atoms with van der Waals surface area (Å²) in [5.41, 5.74) is 0. The number of aliphatic carboxylic acids is 1. The fraction of sp³-hybridized carbons (Fsp3) is 0.909. The smallest absolute Gasteiger partial charge is 0.304 e. The van der Waals surface area contributed by atoms with Crippen LogP contribution in [0.15, 0.2) is 0 Å². The van der Waals surface area contributed by atoms with Crippen LogP contribution < -0.4 is 0 Å². The van der Waals surface area contributed by atoms with Crippen molar-refractivity contribution in [1.29, 1.82) is 0 Å². The predicted octanol–water partition coefficient (Wildman–Crippen LogP) is 1.73. The number of likely N-dealkylation sites (tertiary alicyclic amines) is 1. The van der Waals surface area contributed by atoms with Crippen LogP contribution in [0.25, 0.3) is 0 Å². The summed E-state index contributed by atoms with van der Waals surface area (Å²) >= 11 is 0. The van der Waals surface area contributed by atoms with Gasteiger partial charge in [-0.05, 0) is 31.7 Å². The van der Waals surface area contributed by atoms with E-state index in [4.69, 9.17) is 5.11 Å². The van der Waals surface area contributed by atoms with Crippen molar-refractivity contribution in [3.8, 4) is 0 Å². The molecule has 1 saturated carbocycles. The Hall–Kier alpha value is -0.570. The molecule has 0 radical (unpaired) electrons. The van der Waals surface area contributed by atoms with Gasteiger partial charge in [0.05, 0.1) is 6.42 Å². The summed E-state index contributed by atoms with van der Waals surface area (Å²) in [5, 5.41) is 8.70. The van der Waals surface area contributed by atoms with Crippen LogP contribution in [0.5, 0.6) is 0 Å². The number of hydrogen-bond donors (Lipinski definition) is 1. The number of carboxylic acids is 1. The van der Waals surface area contributed by atoms with Crippen molar-refractivity contribution in [3.05, 3.63) is 0 Å². The third-order valence-corrected chi connectivity index (χ3v) is 3.64. The predicted molar refractivity (Wildman–Crippen MR) is 54.2 cm³/mol. The van der Waals surface area contributed by atoms with Crippen LogP contribution in [-0.4, -0.2) is 35.1 Å². The highest BCUT2D eigenvalue weighted by molar-refractivity contribution is 5.67. The molecule has 3 heteroatoms. The zero-order chi connectivity index (χ0) is 9.97. The number of rotatable bonds is 4. The normalized spacial score (nSPS) is 29.0. The Bertz CT molecular complexity index is 211. The lowest BCUT2D eigenvalue weighted by Gasteiger charge is -2.41. The molecule has 1 aliphatic carbocycles. The van der Waals surface area contributed by atoms with Gasteiger partial charge in [0, 0.05) is 12.6 Å². The maximum absolute atomic E-state index is 10.6. The average Bonchev–Trinajstić information content (AvgIpc) is 2.61. The van der Waals surface area contributed by atoms with E-state index in [1.807, 2.05) is 0 Å². The van der Waals surface area contributed by atoms with Crippen LogP contribution in [0, 0.1) is 5.92 Å². The first-order valence-electron chi connectivity index (χ1n) is 5.71. The summed E-state index contributed by atoms with van der Waals surface area (Å²) in [5.74, 6) is 0.206. The van der Waals surface area contributed by atoms with E-state index in [-0.39, 0.29) is 0 Å². The van der Waals surface area contributed by atoms with Crippen LogP contribution in [0.3, 0.4) is 0 Å². The van der Waals surface area contributed by atoms with E-state index in [2.05, 4.69) is 4.90 Å². The second-order valence-corrected chi connectivity index (χ2v) is 4.69. The van der Waals surface area contributed by atoms with Gasteiger partial charge in [-0.25, -0.2) is 0 Å². The Kier molecular flexibility index (Phi) is 3.06. The molecule has 1 saturated heterocycles. The van der Waals surface area contributed by atoms with Gasteiger partial charge in [-0.1, -0.05) is 12.8 Å². The monoisotopic (exact) mass is 197 g/mol. The highest BCUT2D eigenvalue weighted by Gasteiger charge is 2.31. The second-order valence-electron chi connectivity index (χ2n) is 4.69. The third kappa shape index (κ3) is 2.27. The first-order chi connectivity index (χ1) is 6.75. The summed E-state index contributed by atoms with van der Waals surface area (Å²) in [6.45, 7) is 2.27. The quantitative estimate of drug-likeness (QED) is 0.746. The lowest BCUT2D eigenvalue weighted by molar-refractivity contribution is -0.139. The average molecular weight is 197 g/mol. The molecule has 80 valence electrons. The van der Waals surface area contributed by atoms with Crippen molar-refractivity contribution < 1.29 is 9.90 Å². The molecule has 0 bridgehead atoms. The standard InChI is InChI=1S/C11H19NO2/c13-11(14)7-10-5-6-12(10)8-9-3-1-2-4-9/h9-10H,1-8H2,(H,13,14). The van der Waals surface area contributed by atoms with Gasteiger partial charge in [0.1, 0.15) is 0 Å². The van der Waals surface area contributed by atoms with E-state index < -0.39 is 5.97 Å². The van der Waals surface area contributed by atoms with Crippen molar-refractivity contribution in [2.45, 2.75) is 44.6 Å². The van der Waals surface area contributed by atoms with Crippen LogP contribution in [0.4, 0.5) is 0 Å². The molecule has 3 nitrogen and oxygen atoms in total. The highest BCUT2D eigenvalue weighted by Crippen LogP contribution is 2.29. The molecular formula is C11H19NO2. The minimum atomic E-state index is -0.647. The van der Waals surface area contributed by atoms with Crippen molar-refractivity contribution in [3.63, 3.8) is 0 Å². The number of carboxylic acid groups (broad SMARTS) is 1.